The SMILES string of the molecule is CCOc1ccc(C(N)c2ccc(Br)c(C)c2)cc1. The molecule has 3 heteroatoms. The van der Waals surface area contributed by atoms with Gasteiger partial charge in [-0.1, -0.05) is 40.2 Å². The van der Waals surface area contributed by atoms with Crippen molar-refractivity contribution in [3.05, 3.63) is 63.6 Å². The molecule has 2 nitrogen and oxygen atoms in total. The molecule has 0 bridgehead atoms. The van der Waals surface area contributed by atoms with Gasteiger partial charge in [0.1, 0.15) is 5.75 Å². The Morgan fingerprint density at radius 3 is 2.32 bits per heavy atom. The summed E-state index contributed by atoms with van der Waals surface area (Å²) in [6.07, 6.45) is 0. The van der Waals surface area contributed by atoms with Crippen LogP contribution in [0.25, 0.3) is 0 Å². The second-order valence-corrected chi connectivity index (χ2v) is 5.34. The molecule has 19 heavy (non-hydrogen) atoms. The molecule has 0 fully saturated rings. The molecule has 0 radical (unpaired) electrons. The lowest BCUT2D eigenvalue weighted by atomic mass is 9.98. The van der Waals surface area contributed by atoms with Gasteiger partial charge in [-0.15, -0.1) is 0 Å². The smallest absolute Gasteiger partial charge is 0.119 e. The van der Waals surface area contributed by atoms with Gasteiger partial charge in [-0.25, -0.2) is 0 Å². The molecule has 2 N–H and O–H groups in total. The highest BCUT2D eigenvalue weighted by molar-refractivity contribution is 9.10. The molecule has 0 aliphatic rings. The molecule has 100 valence electrons. The summed E-state index contributed by atoms with van der Waals surface area (Å²) in [4.78, 5) is 0. The van der Waals surface area contributed by atoms with E-state index in [2.05, 4.69) is 35.0 Å². The van der Waals surface area contributed by atoms with Crippen molar-refractivity contribution in [1.82, 2.24) is 0 Å². The molecule has 2 aromatic carbocycles. The highest BCUT2D eigenvalue weighted by Crippen LogP contribution is 2.25. The van der Waals surface area contributed by atoms with Crippen molar-refractivity contribution in [3.8, 4) is 5.75 Å². The van der Waals surface area contributed by atoms with Crippen LogP contribution in [0.3, 0.4) is 0 Å². The molecule has 0 aliphatic carbocycles. The van der Waals surface area contributed by atoms with E-state index >= 15 is 0 Å². The van der Waals surface area contributed by atoms with Crippen LogP contribution in [0, 0.1) is 6.92 Å². The van der Waals surface area contributed by atoms with Gasteiger partial charge in [0, 0.05) is 4.47 Å². The third kappa shape index (κ3) is 3.37. The molecule has 0 heterocycles. The van der Waals surface area contributed by atoms with Crippen LogP contribution in [0.15, 0.2) is 46.9 Å². The van der Waals surface area contributed by atoms with Gasteiger partial charge in [0.05, 0.1) is 12.6 Å². The second kappa shape index (κ2) is 6.22. The summed E-state index contributed by atoms with van der Waals surface area (Å²) >= 11 is 3.50. The first-order chi connectivity index (χ1) is 9.11. The highest BCUT2D eigenvalue weighted by Gasteiger charge is 2.10. The summed E-state index contributed by atoms with van der Waals surface area (Å²) in [6, 6.07) is 14.1. The summed E-state index contributed by atoms with van der Waals surface area (Å²) in [5, 5.41) is 0. The van der Waals surface area contributed by atoms with Crippen LogP contribution in [-0.4, -0.2) is 6.61 Å². The number of nitrogens with two attached hydrogens (primary N) is 1. The zero-order valence-electron chi connectivity index (χ0n) is 11.2. The van der Waals surface area contributed by atoms with Crippen LogP contribution < -0.4 is 10.5 Å². The van der Waals surface area contributed by atoms with E-state index < -0.39 is 0 Å². The third-order valence-electron chi connectivity index (χ3n) is 3.09. The van der Waals surface area contributed by atoms with Crippen LogP contribution in [0.5, 0.6) is 5.75 Å². The quantitative estimate of drug-likeness (QED) is 0.916. The number of halogens is 1. The Balaban J connectivity index is 2.22. The topological polar surface area (TPSA) is 35.2 Å². The third-order valence-corrected chi connectivity index (χ3v) is 3.98. The van der Waals surface area contributed by atoms with Gasteiger partial charge in [0.15, 0.2) is 0 Å². The number of aryl methyl sites for hydroxylation is 1. The van der Waals surface area contributed by atoms with Gasteiger partial charge < -0.3 is 10.5 Å². The molecule has 1 unspecified atom stereocenters. The van der Waals surface area contributed by atoms with Crippen molar-refractivity contribution in [1.29, 1.82) is 0 Å². The Morgan fingerprint density at radius 2 is 1.74 bits per heavy atom. The average Bonchev–Trinajstić information content (AvgIpc) is 2.42. The predicted molar refractivity (Wildman–Crippen MR) is 82.5 cm³/mol. The summed E-state index contributed by atoms with van der Waals surface area (Å²) in [5.74, 6) is 0.880. The fourth-order valence-electron chi connectivity index (χ4n) is 1.99. The highest BCUT2D eigenvalue weighted by atomic mass is 79.9. The van der Waals surface area contributed by atoms with Crippen molar-refractivity contribution in [2.45, 2.75) is 19.9 Å². The van der Waals surface area contributed by atoms with Crippen molar-refractivity contribution in [2.24, 2.45) is 5.73 Å². The molecule has 0 aliphatic heterocycles. The molecule has 2 rings (SSSR count). The number of hydrogen-bond donors (Lipinski definition) is 1. The lowest BCUT2D eigenvalue weighted by molar-refractivity contribution is 0.340. The maximum atomic E-state index is 6.30. The average molecular weight is 320 g/mol. The zero-order valence-corrected chi connectivity index (χ0v) is 12.8. The molecule has 1 atom stereocenters. The largest absolute Gasteiger partial charge is 0.494 e. The van der Waals surface area contributed by atoms with Crippen LogP contribution >= 0.6 is 15.9 Å². The van der Waals surface area contributed by atoms with Gasteiger partial charge in [0.25, 0.3) is 0 Å². The summed E-state index contributed by atoms with van der Waals surface area (Å²) < 4.78 is 6.54. The fourth-order valence-corrected chi connectivity index (χ4v) is 2.24. The van der Waals surface area contributed by atoms with E-state index in [-0.39, 0.29) is 6.04 Å². The van der Waals surface area contributed by atoms with Crippen molar-refractivity contribution < 1.29 is 4.74 Å². The number of rotatable bonds is 4. The molecule has 2 aromatic rings. The van der Waals surface area contributed by atoms with E-state index in [4.69, 9.17) is 10.5 Å². The maximum Gasteiger partial charge on any atom is 0.119 e. The van der Waals surface area contributed by atoms with Crippen LogP contribution in [0.4, 0.5) is 0 Å². The minimum Gasteiger partial charge on any atom is -0.494 e. The number of benzene rings is 2. The van der Waals surface area contributed by atoms with Crippen molar-refractivity contribution in [2.75, 3.05) is 6.61 Å². The van der Waals surface area contributed by atoms with E-state index in [1.165, 1.54) is 5.56 Å². The first-order valence-corrected chi connectivity index (χ1v) is 7.15. The molecule has 0 amide bonds. The molecule has 0 saturated carbocycles. The van der Waals surface area contributed by atoms with Crippen LogP contribution in [-0.2, 0) is 0 Å². The normalized spacial score (nSPS) is 12.2. The number of ether oxygens (including phenoxy) is 1. The van der Waals surface area contributed by atoms with Crippen molar-refractivity contribution in [3.63, 3.8) is 0 Å². The van der Waals surface area contributed by atoms with E-state index in [1.807, 2.05) is 37.3 Å². The summed E-state index contributed by atoms with van der Waals surface area (Å²) in [7, 11) is 0. The van der Waals surface area contributed by atoms with E-state index in [9.17, 15) is 0 Å². The lowest BCUT2D eigenvalue weighted by Crippen LogP contribution is -2.12. The minimum absolute atomic E-state index is 0.109. The minimum atomic E-state index is -0.109. The number of hydrogen-bond acceptors (Lipinski definition) is 2. The van der Waals surface area contributed by atoms with Crippen molar-refractivity contribution >= 4 is 15.9 Å². The standard InChI is InChI=1S/C16H18BrNO/c1-3-19-14-7-4-12(5-8-14)16(18)13-6-9-15(17)11(2)10-13/h4-10,16H,3,18H2,1-2H3. The Morgan fingerprint density at radius 1 is 1.11 bits per heavy atom. The maximum absolute atomic E-state index is 6.30. The molecular weight excluding hydrogens is 302 g/mol. The Labute approximate surface area is 122 Å². The molecular formula is C16H18BrNO. The van der Waals surface area contributed by atoms with E-state index in [0.717, 1.165) is 21.3 Å². The van der Waals surface area contributed by atoms with Gasteiger partial charge in [-0.2, -0.15) is 0 Å². The predicted octanol–water partition coefficient (Wildman–Crippen LogP) is 4.20. The van der Waals surface area contributed by atoms with Gasteiger partial charge in [-0.05, 0) is 48.7 Å². The Bertz CT molecular complexity index is 551. The monoisotopic (exact) mass is 319 g/mol. The van der Waals surface area contributed by atoms with E-state index in [0.29, 0.717) is 6.61 Å². The first kappa shape index (κ1) is 14.1. The zero-order chi connectivity index (χ0) is 13.8. The van der Waals surface area contributed by atoms with Gasteiger partial charge in [-0.3, -0.25) is 0 Å². The Kier molecular flexibility index (Phi) is 4.61. The van der Waals surface area contributed by atoms with Crippen LogP contribution in [0.1, 0.15) is 29.7 Å². The lowest BCUT2D eigenvalue weighted by Gasteiger charge is -2.14. The van der Waals surface area contributed by atoms with Gasteiger partial charge in [0.2, 0.25) is 0 Å². The first-order valence-electron chi connectivity index (χ1n) is 6.36. The van der Waals surface area contributed by atoms with E-state index in [1.54, 1.807) is 0 Å². The summed E-state index contributed by atoms with van der Waals surface area (Å²) in [6.45, 7) is 4.72. The summed E-state index contributed by atoms with van der Waals surface area (Å²) in [5.41, 5.74) is 9.70. The van der Waals surface area contributed by atoms with Crippen LogP contribution in [0.2, 0.25) is 0 Å². The molecule has 0 saturated heterocycles. The molecule has 0 spiro atoms. The van der Waals surface area contributed by atoms with Gasteiger partial charge >= 0.3 is 0 Å². The molecule has 0 aromatic heterocycles. The fraction of sp³-hybridized carbons (Fsp3) is 0.250. The second-order valence-electron chi connectivity index (χ2n) is 4.49. The Hall–Kier alpha value is -1.32.